The number of aromatic nitrogens is 4. The van der Waals surface area contributed by atoms with E-state index in [9.17, 15) is 4.79 Å². The molecule has 1 saturated heterocycles. The average molecular weight is 359 g/mol. The molecular formula is C18H27N6O2+. The summed E-state index contributed by atoms with van der Waals surface area (Å²) in [5, 5.41) is 12.7. The van der Waals surface area contributed by atoms with E-state index in [-0.39, 0.29) is 11.9 Å². The van der Waals surface area contributed by atoms with Gasteiger partial charge in [0.15, 0.2) is 5.76 Å². The molecule has 0 bridgehead atoms. The number of nitrogens with zero attached hydrogens (tertiary/aromatic N) is 5. The molecule has 2 aliphatic rings. The number of quaternary nitrogens is 1. The molecule has 0 unspecified atom stereocenters. The molecule has 2 aromatic rings. The number of hydrogen-bond acceptors (Lipinski definition) is 5. The van der Waals surface area contributed by atoms with Crippen LogP contribution in [0.4, 0.5) is 0 Å². The molecule has 0 radical (unpaired) electrons. The summed E-state index contributed by atoms with van der Waals surface area (Å²) >= 11 is 0. The molecule has 2 aromatic heterocycles. The van der Waals surface area contributed by atoms with E-state index < -0.39 is 0 Å². The Morgan fingerprint density at radius 1 is 1.35 bits per heavy atom. The number of hydrogen-bond donors (Lipinski definition) is 1. The van der Waals surface area contributed by atoms with Crippen LogP contribution in [0.3, 0.4) is 0 Å². The topological polar surface area (TPSA) is 81.5 Å². The highest BCUT2D eigenvalue weighted by Crippen LogP contribution is 2.30. The Hall–Kier alpha value is -2.22. The van der Waals surface area contributed by atoms with Gasteiger partial charge < -0.3 is 14.2 Å². The van der Waals surface area contributed by atoms with Crippen LogP contribution in [0, 0.1) is 0 Å². The van der Waals surface area contributed by atoms with E-state index in [1.165, 1.54) is 30.6 Å². The van der Waals surface area contributed by atoms with Gasteiger partial charge in [-0.1, -0.05) is 19.8 Å². The predicted octanol–water partition coefficient (Wildman–Crippen LogP) is 0.873. The summed E-state index contributed by atoms with van der Waals surface area (Å²) in [4.78, 5) is 15.8. The van der Waals surface area contributed by atoms with Gasteiger partial charge in [0, 0.05) is 6.42 Å². The van der Waals surface area contributed by atoms with Crippen molar-refractivity contribution < 1.29 is 14.1 Å². The first-order valence-corrected chi connectivity index (χ1v) is 9.73. The van der Waals surface area contributed by atoms with Crippen molar-refractivity contribution in [3.05, 3.63) is 30.0 Å². The molecule has 1 saturated carbocycles. The zero-order valence-corrected chi connectivity index (χ0v) is 15.3. The third-order valence-corrected chi connectivity index (χ3v) is 5.83. The first-order chi connectivity index (χ1) is 12.8. The van der Waals surface area contributed by atoms with Gasteiger partial charge in [0.05, 0.1) is 38.5 Å². The maximum absolute atomic E-state index is 12.5. The monoisotopic (exact) mass is 359 g/mol. The molecule has 1 aliphatic heterocycles. The molecule has 0 spiro atoms. The molecule has 8 nitrogen and oxygen atoms in total. The number of carbonyl (C=O) groups is 1. The van der Waals surface area contributed by atoms with Crippen LogP contribution >= 0.6 is 0 Å². The van der Waals surface area contributed by atoms with Crippen molar-refractivity contribution in [2.75, 3.05) is 26.2 Å². The van der Waals surface area contributed by atoms with Crippen molar-refractivity contribution in [1.29, 1.82) is 0 Å². The molecule has 140 valence electrons. The van der Waals surface area contributed by atoms with Crippen molar-refractivity contribution in [3.8, 4) is 0 Å². The highest BCUT2D eigenvalue weighted by atomic mass is 16.3. The molecule has 1 amide bonds. The second kappa shape index (κ2) is 7.57. The highest BCUT2D eigenvalue weighted by Gasteiger charge is 2.35. The van der Waals surface area contributed by atoms with Gasteiger partial charge in [-0.2, -0.15) is 0 Å². The molecule has 0 aromatic carbocycles. The van der Waals surface area contributed by atoms with Gasteiger partial charge in [0.25, 0.3) is 5.91 Å². The minimum atomic E-state index is -0.0158. The summed E-state index contributed by atoms with van der Waals surface area (Å²) in [6.45, 7) is 5.48. The van der Waals surface area contributed by atoms with Gasteiger partial charge in [0.1, 0.15) is 6.04 Å². The lowest BCUT2D eigenvalue weighted by atomic mass is 10.1. The highest BCUT2D eigenvalue weighted by molar-refractivity contribution is 5.91. The molecule has 2 fully saturated rings. The zero-order valence-electron chi connectivity index (χ0n) is 15.3. The molecule has 1 N–H and O–H groups in total. The SMILES string of the molecule is CC[C@H](c1nnnn1C1CCCC1)[NH+]1CCN(C(=O)c2ccco2)CC1. The van der Waals surface area contributed by atoms with Crippen LogP contribution in [0.2, 0.25) is 0 Å². The summed E-state index contributed by atoms with van der Waals surface area (Å²) in [6.07, 6.45) is 7.42. The van der Waals surface area contributed by atoms with Crippen LogP contribution in [0.1, 0.15) is 67.5 Å². The van der Waals surface area contributed by atoms with Crippen molar-refractivity contribution in [3.63, 3.8) is 0 Å². The lowest BCUT2D eigenvalue weighted by Gasteiger charge is -2.35. The minimum absolute atomic E-state index is 0.0158. The number of piperazine rings is 1. The second-order valence-corrected chi connectivity index (χ2v) is 7.31. The molecule has 4 rings (SSSR count). The number of carbonyl (C=O) groups excluding carboxylic acids is 1. The van der Waals surface area contributed by atoms with Gasteiger partial charge in [-0.15, -0.1) is 5.10 Å². The smallest absolute Gasteiger partial charge is 0.289 e. The molecular weight excluding hydrogens is 332 g/mol. The van der Waals surface area contributed by atoms with Crippen LogP contribution in [0.15, 0.2) is 22.8 Å². The predicted molar refractivity (Wildman–Crippen MR) is 93.7 cm³/mol. The van der Waals surface area contributed by atoms with E-state index in [1.54, 1.807) is 18.4 Å². The molecule has 1 aliphatic carbocycles. The van der Waals surface area contributed by atoms with Crippen molar-refractivity contribution >= 4 is 5.91 Å². The van der Waals surface area contributed by atoms with Crippen LogP contribution in [0.5, 0.6) is 0 Å². The second-order valence-electron chi connectivity index (χ2n) is 7.31. The lowest BCUT2D eigenvalue weighted by Crippen LogP contribution is -3.15. The van der Waals surface area contributed by atoms with Crippen molar-refractivity contribution in [1.82, 2.24) is 25.1 Å². The molecule has 26 heavy (non-hydrogen) atoms. The minimum Gasteiger partial charge on any atom is -0.459 e. The summed E-state index contributed by atoms with van der Waals surface area (Å²) in [7, 11) is 0. The Morgan fingerprint density at radius 2 is 2.12 bits per heavy atom. The van der Waals surface area contributed by atoms with E-state index in [2.05, 4.69) is 27.1 Å². The number of nitrogens with one attached hydrogen (secondary N) is 1. The first-order valence-electron chi connectivity index (χ1n) is 9.73. The number of furan rings is 1. The van der Waals surface area contributed by atoms with E-state index in [0.29, 0.717) is 11.8 Å². The third-order valence-electron chi connectivity index (χ3n) is 5.83. The van der Waals surface area contributed by atoms with Gasteiger partial charge in [-0.3, -0.25) is 4.79 Å². The normalized spacial score (nSPS) is 20.6. The fourth-order valence-corrected chi connectivity index (χ4v) is 4.39. The van der Waals surface area contributed by atoms with Crippen molar-refractivity contribution in [2.24, 2.45) is 0 Å². The van der Waals surface area contributed by atoms with Gasteiger partial charge >= 0.3 is 0 Å². The molecule has 8 heteroatoms. The fraction of sp³-hybridized carbons (Fsp3) is 0.667. The zero-order chi connectivity index (χ0) is 17.9. The first kappa shape index (κ1) is 17.2. The van der Waals surface area contributed by atoms with Gasteiger partial charge in [0.2, 0.25) is 5.82 Å². The van der Waals surface area contributed by atoms with Crippen LogP contribution in [0.25, 0.3) is 0 Å². The molecule has 3 heterocycles. The number of amides is 1. The Labute approximate surface area is 153 Å². The van der Waals surface area contributed by atoms with Gasteiger partial charge in [-0.25, -0.2) is 4.68 Å². The number of tetrazole rings is 1. The summed E-state index contributed by atoms with van der Waals surface area (Å²) < 4.78 is 7.33. The third kappa shape index (κ3) is 3.25. The Kier molecular flexibility index (Phi) is 5.01. The number of rotatable bonds is 5. The van der Waals surface area contributed by atoms with E-state index >= 15 is 0 Å². The quantitative estimate of drug-likeness (QED) is 0.857. The Balaban J connectivity index is 1.43. The lowest BCUT2D eigenvalue weighted by molar-refractivity contribution is -0.936. The maximum atomic E-state index is 12.5. The molecule has 1 atom stereocenters. The Bertz CT molecular complexity index is 714. The van der Waals surface area contributed by atoms with Crippen LogP contribution in [-0.4, -0.2) is 57.2 Å². The summed E-state index contributed by atoms with van der Waals surface area (Å²) in [5.41, 5.74) is 0. The van der Waals surface area contributed by atoms with E-state index in [4.69, 9.17) is 4.42 Å². The Morgan fingerprint density at radius 3 is 2.77 bits per heavy atom. The van der Waals surface area contributed by atoms with E-state index in [0.717, 1.165) is 38.4 Å². The standard InChI is InChI=1S/C18H26N6O2/c1-2-15(17-19-20-21-24(17)14-6-3-4-7-14)22-9-11-23(12-10-22)18(25)16-8-5-13-26-16/h5,8,13-15H,2-4,6-7,9-12H2,1H3/p+1/t15-/m1/s1. The van der Waals surface area contributed by atoms with Crippen LogP contribution in [-0.2, 0) is 0 Å². The summed E-state index contributed by atoms with van der Waals surface area (Å²) in [6, 6.07) is 4.22. The van der Waals surface area contributed by atoms with E-state index in [1.807, 2.05) is 4.90 Å². The van der Waals surface area contributed by atoms with Crippen LogP contribution < -0.4 is 4.90 Å². The maximum Gasteiger partial charge on any atom is 0.289 e. The van der Waals surface area contributed by atoms with Gasteiger partial charge in [-0.05, 0) is 35.4 Å². The average Bonchev–Trinajstić information content (AvgIpc) is 3.43. The fourth-order valence-electron chi connectivity index (χ4n) is 4.39. The largest absolute Gasteiger partial charge is 0.459 e. The summed E-state index contributed by atoms with van der Waals surface area (Å²) in [5.74, 6) is 1.42. The van der Waals surface area contributed by atoms with Crippen molar-refractivity contribution in [2.45, 2.75) is 51.1 Å².